The fraction of sp³-hybridized carbons (Fsp3) is 0. The van der Waals surface area contributed by atoms with Crippen molar-refractivity contribution >= 4 is 21.7 Å². The Morgan fingerprint density at radius 1 is 0.455 bits per heavy atom. The summed E-state index contributed by atoms with van der Waals surface area (Å²) in [6.45, 7) is 0. The van der Waals surface area contributed by atoms with Crippen molar-refractivity contribution in [3.63, 3.8) is 0 Å². The molecule has 1 aromatic heterocycles. The smallest absolute Gasteiger partial charge is 0.142 e. The second-order valence-corrected chi connectivity index (χ2v) is 5.04. The highest BCUT2D eigenvalue weighted by molar-refractivity contribution is 6.02. The summed E-state index contributed by atoms with van der Waals surface area (Å²) in [4.78, 5) is 0. The maximum absolute atomic E-state index is 6.24. The molecule has 4 aromatic rings. The normalized spacial score (nSPS) is 10.4. The van der Waals surface area contributed by atoms with Crippen molar-refractivity contribution in [2.45, 2.75) is 0 Å². The first-order chi connectivity index (χ1) is 10.4. The van der Waals surface area contributed by atoms with Gasteiger partial charge >= 0.3 is 0 Å². The van der Waals surface area contributed by atoms with E-state index < -0.39 is 0 Å². The van der Waals surface area contributed by atoms with E-state index in [1.807, 2.05) is 36.4 Å². The zero-order valence-electron chi connectivity index (χ0n) is 11.5. The predicted octanol–water partition coefficient (Wildman–Crippen LogP) is 4.32. The Hall–Kier alpha value is -2.58. The average molecular weight is 302 g/mol. The van der Waals surface area contributed by atoms with Crippen LogP contribution in [0.15, 0.2) is 89.3 Å². The standard InChI is InChI=1S/C20H14O.H4Si/c1-3-9-15(10-4-1)19-17-13-7-8-14-18(17)20(21-19)16-11-5-2-6-12-16;/h1-14H;1H4. The summed E-state index contributed by atoms with van der Waals surface area (Å²) in [5.74, 6) is 1.87. The van der Waals surface area contributed by atoms with Gasteiger partial charge in [-0.2, -0.15) is 0 Å². The van der Waals surface area contributed by atoms with Crippen molar-refractivity contribution in [3.8, 4) is 22.6 Å². The Labute approximate surface area is 134 Å². The highest BCUT2D eigenvalue weighted by atomic mass is 28.1. The van der Waals surface area contributed by atoms with E-state index in [-0.39, 0.29) is 11.0 Å². The number of hydrogen-bond donors (Lipinski definition) is 0. The second kappa shape index (κ2) is 6.04. The summed E-state index contributed by atoms with van der Waals surface area (Å²) in [6, 6.07) is 28.9. The summed E-state index contributed by atoms with van der Waals surface area (Å²) in [5, 5.41) is 2.31. The first-order valence-electron chi connectivity index (χ1n) is 7.06. The predicted molar refractivity (Wildman–Crippen MR) is 98.4 cm³/mol. The molecule has 22 heavy (non-hydrogen) atoms. The van der Waals surface area contributed by atoms with Gasteiger partial charge in [-0.15, -0.1) is 0 Å². The van der Waals surface area contributed by atoms with E-state index in [4.69, 9.17) is 4.42 Å². The SMILES string of the molecule is [SiH4].c1ccc(-c2oc(-c3ccccc3)c3ccccc23)cc1. The molecule has 0 aliphatic heterocycles. The van der Waals surface area contributed by atoms with Crippen LogP contribution in [0.25, 0.3) is 33.4 Å². The molecule has 1 nitrogen and oxygen atoms in total. The molecule has 3 aromatic carbocycles. The van der Waals surface area contributed by atoms with Crippen LogP contribution in [0.2, 0.25) is 0 Å². The molecule has 0 aliphatic rings. The van der Waals surface area contributed by atoms with Crippen molar-refractivity contribution in [2.24, 2.45) is 0 Å². The molecule has 0 N–H and O–H groups in total. The summed E-state index contributed by atoms with van der Waals surface area (Å²) < 4.78 is 6.24. The van der Waals surface area contributed by atoms with Crippen molar-refractivity contribution in [1.82, 2.24) is 0 Å². The quantitative estimate of drug-likeness (QED) is 0.503. The minimum absolute atomic E-state index is 0. The molecule has 0 saturated heterocycles. The van der Waals surface area contributed by atoms with E-state index in [0.717, 1.165) is 33.4 Å². The zero-order chi connectivity index (χ0) is 14.1. The van der Waals surface area contributed by atoms with E-state index in [9.17, 15) is 0 Å². The van der Waals surface area contributed by atoms with Crippen molar-refractivity contribution in [2.75, 3.05) is 0 Å². The van der Waals surface area contributed by atoms with Crippen LogP contribution in [0, 0.1) is 0 Å². The Morgan fingerprint density at radius 2 is 0.818 bits per heavy atom. The topological polar surface area (TPSA) is 13.1 Å². The van der Waals surface area contributed by atoms with Crippen molar-refractivity contribution in [3.05, 3.63) is 84.9 Å². The van der Waals surface area contributed by atoms with Crippen LogP contribution in [0.1, 0.15) is 0 Å². The van der Waals surface area contributed by atoms with Crippen molar-refractivity contribution in [1.29, 1.82) is 0 Å². The lowest BCUT2D eigenvalue weighted by Crippen LogP contribution is -1.73. The lowest BCUT2D eigenvalue weighted by molar-refractivity contribution is 0.602. The fourth-order valence-electron chi connectivity index (χ4n) is 2.70. The molecule has 0 radical (unpaired) electrons. The van der Waals surface area contributed by atoms with E-state index in [1.54, 1.807) is 0 Å². The Kier molecular flexibility index (Phi) is 3.94. The lowest BCUT2D eigenvalue weighted by atomic mass is 10.0. The van der Waals surface area contributed by atoms with Crippen LogP contribution < -0.4 is 0 Å². The Morgan fingerprint density at radius 3 is 1.23 bits per heavy atom. The number of furan rings is 1. The molecule has 0 atom stereocenters. The van der Waals surface area contributed by atoms with Crippen LogP contribution in [-0.4, -0.2) is 11.0 Å². The van der Waals surface area contributed by atoms with E-state index >= 15 is 0 Å². The van der Waals surface area contributed by atoms with Gasteiger partial charge in [0.25, 0.3) is 0 Å². The van der Waals surface area contributed by atoms with E-state index in [1.165, 1.54) is 0 Å². The van der Waals surface area contributed by atoms with Crippen LogP contribution >= 0.6 is 0 Å². The molecular weight excluding hydrogens is 284 g/mol. The van der Waals surface area contributed by atoms with Crippen LogP contribution in [-0.2, 0) is 0 Å². The largest absolute Gasteiger partial charge is 0.455 e. The van der Waals surface area contributed by atoms with Crippen LogP contribution in [0.4, 0.5) is 0 Å². The number of rotatable bonds is 2. The van der Waals surface area contributed by atoms with Crippen molar-refractivity contribution < 1.29 is 4.42 Å². The second-order valence-electron chi connectivity index (χ2n) is 5.04. The minimum atomic E-state index is 0. The van der Waals surface area contributed by atoms with Gasteiger partial charge in [0.15, 0.2) is 0 Å². The molecule has 0 fully saturated rings. The first-order valence-corrected chi connectivity index (χ1v) is 7.06. The maximum Gasteiger partial charge on any atom is 0.142 e. The molecule has 108 valence electrons. The van der Waals surface area contributed by atoms with Gasteiger partial charge in [-0.25, -0.2) is 0 Å². The summed E-state index contributed by atoms with van der Waals surface area (Å²) in [7, 11) is 0. The third-order valence-corrected chi connectivity index (χ3v) is 3.69. The molecule has 0 bridgehead atoms. The van der Waals surface area contributed by atoms with Gasteiger partial charge in [-0.1, -0.05) is 84.9 Å². The van der Waals surface area contributed by atoms with Gasteiger partial charge in [0.2, 0.25) is 0 Å². The summed E-state index contributed by atoms with van der Waals surface area (Å²) >= 11 is 0. The van der Waals surface area contributed by atoms with Gasteiger partial charge in [0, 0.05) is 21.9 Å². The molecule has 0 aliphatic carbocycles. The molecule has 4 rings (SSSR count). The molecule has 0 unspecified atom stereocenters. The fourth-order valence-corrected chi connectivity index (χ4v) is 2.70. The third kappa shape index (κ3) is 2.38. The van der Waals surface area contributed by atoms with Crippen LogP contribution in [0.5, 0.6) is 0 Å². The molecule has 1 heterocycles. The minimum Gasteiger partial charge on any atom is -0.455 e. The number of benzene rings is 3. The van der Waals surface area contributed by atoms with Gasteiger partial charge in [-0.05, 0) is 11.0 Å². The highest BCUT2D eigenvalue weighted by Gasteiger charge is 2.15. The average Bonchev–Trinajstić information content (AvgIpc) is 2.96. The Bertz CT molecular complexity index is 806. The van der Waals surface area contributed by atoms with Gasteiger partial charge in [0.1, 0.15) is 11.5 Å². The number of hydrogen-bond acceptors (Lipinski definition) is 1. The molecule has 0 saturated carbocycles. The van der Waals surface area contributed by atoms with Gasteiger partial charge < -0.3 is 4.42 Å². The monoisotopic (exact) mass is 302 g/mol. The van der Waals surface area contributed by atoms with E-state index in [2.05, 4.69) is 48.5 Å². The molecule has 0 spiro atoms. The third-order valence-electron chi connectivity index (χ3n) is 3.69. The summed E-state index contributed by atoms with van der Waals surface area (Å²) in [5.41, 5.74) is 2.21. The van der Waals surface area contributed by atoms with E-state index in [0.29, 0.717) is 0 Å². The first kappa shape index (κ1) is 14.4. The maximum atomic E-state index is 6.24. The van der Waals surface area contributed by atoms with Gasteiger partial charge in [0.05, 0.1) is 0 Å². The molecule has 2 heteroatoms. The summed E-state index contributed by atoms with van der Waals surface area (Å²) in [6.07, 6.45) is 0. The van der Waals surface area contributed by atoms with Crippen LogP contribution in [0.3, 0.4) is 0 Å². The lowest BCUT2D eigenvalue weighted by Gasteiger charge is -1.98. The molecule has 0 amide bonds. The number of fused-ring (bicyclic) bond motifs is 1. The van der Waals surface area contributed by atoms with Gasteiger partial charge in [-0.3, -0.25) is 0 Å². The zero-order valence-corrected chi connectivity index (χ0v) is 11.5. The Balaban J connectivity index is 0.00000144. The highest BCUT2D eigenvalue weighted by Crippen LogP contribution is 2.38. The molecular formula is C20H18OSi.